The van der Waals surface area contributed by atoms with Gasteiger partial charge in [-0.1, -0.05) is 20.8 Å². The second-order valence-corrected chi connectivity index (χ2v) is 11.5. The van der Waals surface area contributed by atoms with Crippen molar-refractivity contribution in [1.82, 2.24) is 14.3 Å². The quantitative estimate of drug-likeness (QED) is 0.567. The summed E-state index contributed by atoms with van der Waals surface area (Å²) in [6.07, 6.45) is 4.63. The molecule has 1 aliphatic rings. The van der Waals surface area contributed by atoms with Crippen LogP contribution in [-0.2, 0) is 16.6 Å². The summed E-state index contributed by atoms with van der Waals surface area (Å²) in [4.78, 5) is 4.02. The fraction of sp³-hybridized carbons (Fsp3) is 0.435. The lowest BCUT2D eigenvalue weighted by molar-refractivity contribution is 0.349. The standard InChI is InChI=1S/C23H27F2N3O2S/c1-14(27-31(29,30)15-7-8-15)18-12-28(13-23(2,3)4)21-11-17(20(25)10-16(18)21)22-19(24)6-5-9-26-22/h5-6,9-12,14-15,27H,7-8,13H2,1-4H3. The van der Waals surface area contributed by atoms with Crippen LogP contribution in [0.15, 0.2) is 36.7 Å². The van der Waals surface area contributed by atoms with Gasteiger partial charge in [-0.3, -0.25) is 4.98 Å². The lowest BCUT2D eigenvalue weighted by atomic mass is 9.97. The molecule has 3 aromatic rings. The van der Waals surface area contributed by atoms with E-state index in [0.29, 0.717) is 35.9 Å². The first-order chi connectivity index (χ1) is 14.5. The number of hydrogen-bond donors (Lipinski definition) is 1. The Bertz CT molecular complexity index is 1240. The molecule has 1 aliphatic carbocycles. The summed E-state index contributed by atoms with van der Waals surface area (Å²) in [5.74, 6) is -1.20. The molecule has 0 bridgehead atoms. The Morgan fingerprint density at radius 3 is 2.55 bits per heavy atom. The first-order valence-corrected chi connectivity index (χ1v) is 12.0. The van der Waals surface area contributed by atoms with E-state index in [2.05, 4.69) is 30.5 Å². The highest BCUT2D eigenvalue weighted by Gasteiger charge is 2.37. The summed E-state index contributed by atoms with van der Waals surface area (Å²) in [5, 5.41) is 0.265. The molecule has 1 atom stereocenters. The summed E-state index contributed by atoms with van der Waals surface area (Å²) in [5.41, 5.74) is 1.36. The lowest BCUT2D eigenvalue weighted by Gasteiger charge is -2.20. The number of sulfonamides is 1. The molecular weight excluding hydrogens is 420 g/mol. The van der Waals surface area contributed by atoms with Crippen LogP contribution in [0.4, 0.5) is 8.78 Å². The van der Waals surface area contributed by atoms with Gasteiger partial charge in [0.2, 0.25) is 10.0 Å². The number of hydrogen-bond acceptors (Lipinski definition) is 3. The monoisotopic (exact) mass is 447 g/mol. The van der Waals surface area contributed by atoms with E-state index in [4.69, 9.17) is 0 Å². The van der Waals surface area contributed by atoms with Crippen LogP contribution in [0.5, 0.6) is 0 Å². The van der Waals surface area contributed by atoms with Crippen molar-refractivity contribution in [1.29, 1.82) is 0 Å². The molecule has 2 aromatic heterocycles. The predicted molar refractivity (Wildman–Crippen MR) is 118 cm³/mol. The predicted octanol–water partition coefficient (Wildman–Crippen LogP) is 5.17. The topological polar surface area (TPSA) is 64.0 Å². The molecule has 1 aromatic carbocycles. The smallest absolute Gasteiger partial charge is 0.215 e. The molecule has 1 N–H and O–H groups in total. The Balaban J connectivity index is 1.86. The van der Waals surface area contributed by atoms with Crippen molar-refractivity contribution in [3.05, 3.63) is 53.9 Å². The summed E-state index contributed by atoms with van der Waals surface area (Å²) in [6.45, 7) is 8.64. The Hall–Kier alpha value is -2.32. The van der Waals surface area contributed by atoms with E-state index in [1.54, 1.807) is 13.0 Å². The largest absolute Gasteiger partial charge is 0.347 e. The average Bonchev–Trinajstić information content (AvgIpc) is 3.46. The fourth-order valence-electron chi connectivity index (χ4n) is 3.87. The number of benzene rings is 1. The minimum atomic E-state index is -3.41. The number of fused-ring (bicyclic) bond motifs is 1. The van der Waals surface area contributed by atoms with Crippen molar-refractivity contribution in [3.63, 3.8) is 0 Å². The van der Waals surface area contributed by atoms with Crippen LogP contribution in [0.2, 0.25) is 0 Å². The first-order valence-electron chi connectivity index (χ1n) is 10.4. The summed E-state index contributed by atoms with van der Waals surface area (Å²) in [7, 11) is -3.41. The summed E-state index contributed by atoms with van der Waals surface area (Å²) < 4.78 is 59.0. The number of pyridine rings is 1. The van der Waals surface area contributed by atoms with E-state index in [1.807, 2.05) is 10.8 Å². The van der Waals surface area contributed by atoms with Gasteiger partial charge in [-0.15, -0.1) is 0 Å². The van der Waals surface area contributed by atoms with Gasteiger partial charge in [0.15, 0.2) is 0 Å². The van der Waals surface area contributed by atoms with Gasteiger partial charge in [0, 0.05) is 41.4 Å². The molecule has 2 heterocycles. The van der Waals surface area contributed by atoms with Crippen molar-refractivity contribution in [2.24, 2.45) is 5.41 Å². The normalized spacial score (nSPS) is 16.1. The molecule has 0 radical (unpaired) electrons. The van der Waals surface area contributed by atoms with Crippen LogP contribution in [0.25, 0.3) is 22.2 Å². The highest BCUT2D eigenvalue weighted by molar-refractivity contribution is 7.90. The van der Waals surface area contributed by atoms with Gasteiger partial charge in [-0.25, -0.2) is 21.9 Å². The molecule has 8 heteroatoms. The van der Waals surface area contributed by atoms with E-state index >= 15 is 4.39 Å². The second-order valence-electron chi connectivity index (χ2n) is 9.54. The molecule has 1 fully saturated rings. The van der Waals surface area contributed by atoms with Gasteiger partial charge in [-0.05, 0) is 55.0 Å². The third-order valence-corrected chi connectivity index (χ3v) is 7.46. The number of aromatic nitrogens is 2. The Morgan fingerprint density at radius 2 is 1.94 bits per heavy atom. The van der Waals surface area contributed by atoms with Crippen molar-refractivity contribution >= 4 is 20.9 Å². The molecular formula is C23H27F2N3O2S. The van der Waals surface area contributed by atoms with Crippen molar-refractivity contribution in [3.8, 4) is 11.3 Å². The van der Waals surface area contributed by atoms with Crippen LogP contribution < -0.4 is 4.72 Å². The number of nitrogens with one attached hydrogen (secondary N) is 1. The Kier molecular flexibility index (Phi) is 5.42. The SMILES string of the molecule is CC(NS(=O)(=O)C1CC1)c1cn(CC(C)(C)C)c2cc(-c3ncccc3F)c(F)cc12. The van der Waals surface area contributed by atoms with E-state index in [9.17, 15) is 12.8 Å². The third kappa shape index (κ3) is 4.50. The summed E-state index contributed by atoms with van der Waals surface area (Å²) in [6, 6.07) is 5.15. The molecule has 0 aliphatic heterocycles. The molecule has 0 spiro atoms. The Labute approximate surface area is 181 Å². The number of nitrogens with zero attached hydrogens (tertiary/aromatic N) is 2. The highest BCUT2D eigenvalue weighted by atomic mass is 32.2. The van der Waals surface area contributed by atoms with Crippen LogP contribution in [0.3, 0.4) is 0 Å². The summed E-state index contributed by atoms with van der Waals surface area (Å²) >= 11 is 0. The van der Waals surface area contributed by atoms with Gasteiger partial charge in [0.25, 0.3) is 0 Å². The average molecular weight is 448 g/mol. The van der Waals surface area contributed by atoms with Crippen LogP contribution >= 0.6 is 0 Å². The van der Waals surface area contributed by atoms with E-state index in [1.165, 1.54) is 24.4 Å². The lowest BCUT2D eigenvalue weighted by Crippen LogP contribution is -2.29. The van der Waals surface area contributed by atoms with E-state index in [-0.39, 0.29) is 21.9 Å². The van der Waals surface area contributed by atoms with Gasteiger partial charge in [0.1, 0.15) is 17.3 Å². The van der Waals surface area contributed by atoms with Crippen molar-refractivity contribution < 1.29 is 17.2 Å². The van der Waals surface area contributed by atoms with Crippen LogP contribution in [-0.4, -0.2) is 23.2 Å². The highest BCUT2D eigenvalue weighted by Crippen LogP contribution is 2.36. The molecule has 1 saturated carbocycles. The minimum absolute atomic E-state index is 0.0468. The van der Waals surface area contributed by atoms with Gasteiger partial charge in [0.05, 0.1) is 5.25 Å². The third-order valence-electron chi connectivity index (χ3n) is 5.43. The Morgan fingerprint density at radius 1 is 1.23 bits per heavy atom. The molecule has 0 amide bonds. The maximum atomic E-state index is 15.1. The maximum Gasteiger partial charge on any atom is 0.215 e. The molecule has 4 rings (SSSR count). The molecule has 0 saturated heterocycles. The second kappa shape index (κ2) is 7.67. The van der Waals surface area contributed by atoms with Crippen molar-refractivity contribution in [2.75, 3.05) is 0 Å². The van der Waals surface area contributed by atoms with Gasteiger partial charge >= 0.3 is 0 Å². The zero-order valence-corrected chi connectivity index (χ0v) is 18.9. The molecule has 5 nitrogen and oxygen atoms in total. The zero-order valence-electron chi connectivity index (χ0n) is 18.1. The maximum absolute atomic E-state index is 15.1. The van der Waals surface area contributed by atoms with Gasteiger partial charge < -0.3 is 4.57 Å². The van der Waals surface area contributed by atoms with Gasteiger partial charge in [-0.2, -0.15) is 0 Å². The van der Waals surface area contributed by atoms with Crippen LogP contribution in [0, 0.1) is 17.0 Å². The van der Waals surface area contributed by atoms with E-state index in [0.717, 1.165) is 0 Å². The molecule has 31 heavy (non-hydrogen) atoms. The molecule has 166 valence electrons. The minimum Gasteiger partial charge on any atom is -0.347 e. The fourth-order valence-corrected chi connectivity index (χ4v) is 5.44. The number of rotatable bonds is 6. The number of halogens is 2. The molecule has 1 unspecified atom stereocenters. The van der Waals surface area contributed by atoms with E-state index < -0.39 is 27.7 Å². The first kappa shape index (κ1) is 21.9. The van der Waals surface area contributed by atoms with Crippen molar-refractivity contribution in [2.45, 2.75) is 58.4 Å². The zero-order chi connectivity index (χ0) is 22.6. The van der Waals surface area contributed by atoms with Crippen LogP contribution in [0.1, 0.15) is 52.1 Å².